The van der Waals surface area contributed by atoms with Crippen molar-refractivity contribution in [3.63, 3.8) is 0 Å². The fourth-order valence-corrected chi connectivity index (χ4v) is 3.15. The highest BCUT2D eigenvalue weighted by atomic mass is 32.1. The third-order valence-corrected chi connectivity index (χ3v) is 4.45. The van der Waals surface area contributed by atoms with Crippen LogP contribution in [0.2, 0.25) is 0 Å². The smallest absolute Gasteiger partial charge is 0.308 e. The Hall–Kier alpha value is -1.89. The zero-order chi connectivity index (χ0) is 15.2. The Labute approximate surface area is 126 Å². The van der Waals surface area contributed by atoms with E-state index >= 15 is 0 Å². The lowest BCUT2D eigenvalue weighted by Crippen LogP contribution is -2.48. The van der Waals surface area contributed by atoms with E-state index in [1.807, 2.05) is 0 Å². The zero-order valence-corrected chi connectivity index (χ0v) is 12.3. The quantitative estimate of drug-likeness (QED) is 0.762. The number of aliphatic carboxylic acids is 1. The largest absolute Gasteiger partial charge is 0.481 e. The molecule has 0 aliphatic heterocycles. The minimum atomic E-state index is -0.873. The number of rotatable bonds is 5. The van der Waals surface area contributed by atoms with Crippen LogP contribution >= 0.6 is 11.3 Å². The molecule has 1 aromatic heterocycles. The molecule has 3 N–H and O–H groups in total. The van der Waals surface area contributed by atoms with E-state index in [4.69, 9.17) is 5.11 Å². The molecule has 1 aliphatic rings. The lowest BCUT2D eigenvalue weighted by atomic mass is 9.84. The molecule has 0 aromatic carbocycles. The van der Waals surface area contributed by atoms with Crippen LogP contribution in [0.5, 0.6) is 0 Å². The molecule has 2 unspecified atom stereocenters. The van der Waals surface area contributed by atoms with Crippen LogP contribution in [0.15, 0.2) is 17.5 Å². The third kappa shape index (κ3) is 4.29. The van der Waals surface area contributed by atoms with E-state index in [1.54, 1.807) is 17.5 Å². The van der Waals surface area contributed by atoms with Crippen molar-refractivity contribution in [2.75, 3.05) is 6.54 Å². The van der Waals surface area contributed by atoms with Crippen LogP contribution < -0.4 is 10.6 Å². The van der Waals surface area contributed by atoms with Crippen LogP contribution in [0.4, 0.5) is 0 Å². The van der Waals surface area contributed by atoms with Crippen LogP contribution in [0.25, 0.3) is 0 Å². The number of thiophene rings is 1. The van der Waals surface area contributed by atoms with Gasteiger partial charge in [-0.15, -0.1) is 11.3 Å². The number of carbonyl (C=O) groups excluding carboxylic acids is 2. The molecule has 2 rings (SSSR count). The Bertz CT molecular complexity index is 515. The molecular formula is C14H18N2O4S. The SMILES string of the molecule is O=C(CNC(=O)c1cccs1)NC1CCCCC1C(=O)O. The first kappa shape index (κ1) is 15.5. The van der Waals surface area contributed by atoms with Crippen molar-refractivity contribution in [3.8, 4) is 0 Å². The third-order valence-electron chi connectivity index (χ3n) is 3.58. The molecule has 0 bridgehead atoms. The van der Waals surface area contributed by atoms with Gasteiger partial charge in [-0.3, -0.25) is 14.4 Å². The highest BCUT2D eigenvalue weighted by molar-refractivity contribution is 7.12. The summed E-state index contributed by atoms with van der Waals surface area (Å²) in [7, 11) is 0. The molecule has 1 saturated carbocycles. The summed E-state index contributed by atoms with van der Waals surface area (Å²) in [5.41, 5.74) is 0. The molecule has 114 valence electrons. The fourth-order valence-electron chi connectivity index (χ4n) is 2.51. The van der Waals surface area contributed by atoms with Crippen molar-refractivity contribution in [3.05, 3.63) is 22.4 Å². The lowest BCUT2D eigenvalue weighted by Gasteiger charge is -2.29. The first-order chi connectivity index (χ1) is 10.1. The second-order valence-corrected chi connectivity index (χ2v) is 6.01. The maximum atomic E-state index is 11.8. The molecule has 0 saturated heterocycles. The average molecular weight is 310 g/mol. The Kier molecular flexibility index (Phi) is 5.32. The molecule has 2 atom stereocenters. The van der Waals surface area contributed by atoms with Crippen LogP contribution in [0, 0.1) is 5.92 Å². The van der Waals surface area contributed by atoms with E-state index in [1.165, 1.54) is 11.3 Å². The van der Waals surface area contributed by atoms with Gasteiger partial charge in [-0.25, -0.2) is 0 Å². The minimum Gasteiger partial charge on any atom is -0.481 e. The summed E-state index contributed by atoms with van der Waals surface area (Å²) in [4.78, 5) is 35.2. The fraction of sp³-hybridized carbons (Fsp3) is 0.500. The summed E-state index contributed by atoms with van der Waals surface area (Å²) < 4.78 is 0. The first-order valence-corrected chi connectivity index (χ1v) is 7.80. The van der Waals surface area contributed by atoms with Gasteiger partial charge in [0, 0.05) is 6.04 Å². The maximum absolute atomic E-state index is 11.8. The summed E-state index contributed by atoms with van der Waals surface area (Å²) in [6.45, 7) is -0.139. The van der Waals surface area contributed by atoms with Crippen LogP contribution in [0.1, 0.15) is 35.4 Å². The molecule has 1 aromatic rings. The number of hydrogen-bond donors (Lipinski definition) is 3. The number of amides is 2. The molecule has 7 heteroatoms. The van der Waals surface area contributed by atoms with Gasteiger partial charge in [0.2, 0.25) is 5.91 Å². The van der Waals surface area contributed by atoms with Crippen molar-refractivity contribution in [1.82, 2.24) is 10.6 Å². The Balaban J connectivity index is 1.81. The monoisotopic (exact) mass is 310 g/mol. The number of nitrogens with one attached hydrogen (secondary N) is 2. The van der Waals surface area contributed by atoms with Crippen LogP contribution in [-0.4, -0.2) is 35.5 Å². The maximum Gasteiger partial charge on any atom is 0.308 e. The van der Waals surface area contributed by atoms with Gasteiger partial charge in [-0.1, -0.05) is 18.9 Å². The van der Waals surface area contributed by atoms with Gasteiger partial charge in [0.25, 0.3) is 5.91 Å². The Morgan fingerprint density at radius 1 is 1.29 bits per heavy atom. The molecule has 0 radical (unpaired) electrons. The molecule has 1 heterocycles. The van der Waals surface area contributed by atoms with Gasteiger partial charge in [-0.05, 0) is 24.3 Å². The van der Waals surface area contributed by atoms with Crippen molar-refractivity contribution in [2.24, 2.45) is 5.92 Å². The average Bonchev–Trinajstić information content (AvgIpc) is 2.99. The normalized spacial score (nSPS) is 21.5. The number of carboxylic acid groups (broad SMARTS) is 1. The van der Waals surface area contributed by atoms with Gasteiger partial charge in [0.05, 0.1) is 17.3 Å². The van der Waals surface area contributed by atoms with Crippen LogP contribution in [-0.2, 0) is 9.59 Å². The molecule has 21 heavy (non-hydrogen) atoms. The van der Waals surface area contributed by atoms with Crippen molar-refractivity contribution >= 4 is 29.1 Å². The predicted molar refractivity (Wildman–Crippen MR) is 78.2 cm³/mol. The molecule has 6 nitrogen and oxygen atoms in total. The van der Waals surface area contributed by atoms with Gasteiger partial charge in [-0.2, -0.15) is 0 Å². The van der Waals surface area contributed by atoms with Gasteiger partial charge in [0.15, 0.2) is 0 Å². The number of hydrogen-bond acceptors (Lipinski definition) is 4. The summed E-state index contributed by atoms with van der Waals surface area (Å²) in [6.07, 6.45) is 3.04. The molecular weight excluding hydrogens is 292 g/mol. The van der Waals surface area contributed by atoms with Crippen molar-refractivity contribution in [1.29, 1.82) is 0 Å². The van der Waals surface area contributed by atoms with E-state index in [9.17, 15) is 14.4 Å². The second-order valence-electron chi connectivity index (χ2n) is 5.06. The van der Waals surface area contributed by atoms with Crippen molar-refractivity contribution in [2.45, 2.75) is 31.7 Å². The van der Waals surface area contributed by atoms with Gasteiger partial charge >= 0.3 is 5.97 Å². The molecule has 1 aliphatic carbocycles. The van der Waals surface area contributed by atoms with E-state index in [0.29, 0.717) is 17.7 Å². The lowest BCUT2D eigenvalue weighted by molar-refractivity contribution is -0.144. The topological polar surface area (TPSA) is 95.5 Å². The highest BCUT2D eigenvalue weighted by Gasteiger charge is 2.31. The predicted octanol–water partition coefficient (Wildman–Crippen LogP) is 1.24. The minimum absolute atomic E-state index is 0.139. The van der Waals surface area contributed by atoms with E-state index in [2.05, 4.69) is 10.6 Å². The molecule has 1 fully saturated rings. The summed E-state index contributed by atoms with van der Waals surface area (Å²) in [6, 6.07) is 3.10. The number of carboxylic acids is 1. The second kappa shape index (κ2) is 7.21. The molecule has 2 amide bonds. The molecule has 0 spiro atoms. The van der Waals surface area contributed by atoms with E-state index in [0.717, 1.165) is 12.8 Å². The standard InChI is InChI=1S/C14H18N2O4S/c17-12(8-15-13(18)11-6-3-7-21-11)16-10-5-2-1-4-9(10)14(19)20/h3,6-7,9-10H,1-2,4-5,8H2,(H,15,18)(H,16,17)(H,19,20). The van der Waals surface area contributed by atoms with E-state index < -0.39 is 11.9 Å². The Morgan fingerprint density at radius 2 is 2.05 bits per heavy atom. The number of carbonyl (C=O) groups is 3. The van der Waals surface area contributed by atoms with Crippen LogP contribution in [0.3, 0.4) is 0 Å². The van der Waals surface area contributed by atoms with Gasteiger partial charge < -0.3 is 15.7 Å². The van der Waals surface area contributed by atoms with Crippen molar-refractivity contribution < 1.29 is 19.5 Å². The van der Waals surface area contributed by atoms with Gasteiger partial charge in [0.1, 0.15) is 0 Å². The highest BCUT2D eigenvalue weighted by Crippen LogP contribution is 2.24. The summed E-state index contributed by atoms with van der Waals surface area (Å²) >= 11 is 1.30. The van der Waals surface area contributed by atoms with E-state index in [-0.39, 0.29) is 24.4 Å². The Morgan fingerprint density at radius 3 is 2.71 bits per heavy atom. The summed E-state index contributed by atoms with van der Waals surface area (Å²) in [5, 5.41) is 16.2. The summed E-state index contributed by atoms with van der Waals surface area (Å²) in [5.74, 6) is -2.05. The zero-order valence-electron chi connectivity index (χ0n) is 11.5. The first-order valence-electron chi connectivity index (χ1n) is 6.92.